The highest BCUT2D eigenvalue weighted by Gasteiger charge is 2.53. The zero-order chi connectivity index (χ0) is 64.0. The summed E-state index contributed by atoms with van der Waals surface area (Å²) in [5.74, 6) is -0.287. The van der Waals surface area contributed by atoms with Crippen LogP contribution in [0.2, 0.25) is 0 Å². The molecule has 3 rings (SSSR count). The number of aliphatic hydroxyl groups is 11. The lowest BCUT2D eigenvalue weighted by Crippen LogP contribution is -2.66. The number of nitrogens with one attached hydrogen (secondary N) is 1. The minimum absolute atomic E-state index is 0.233. The van der Waals surface area contributed by atoms with Gasteiger partial charge in [0.05, 0.1) is 38.6 Å². The van der Waals surface area contributed by atoms with Crippen molar-refractivity contribution in [2.24, 2.45) is 0 Å². The van der Waals surface area contributed by atoms with Crippen molar-refractivity contribution in [2.45, 2.75) is 356 Å². The van der Waals surface area contributed by atoms with Crippen LogP contribution in [0.15, 0.2) is 48.6 Å². The molecule has 0 aromatic carbocycles. The molecular formula is C69H125NO18. The number of allylic oxidation sites excluding steroid dienone is 7. The van der Waals surface area contributed by atoms with Gasteiger partial charge in [0.2, 0.25) is 5.91 Å². The van der Waals surface area contributed by atoms with Crippen LogP contribution in [-0.2, 0) is 33.2 Å². The van der Waals surface area contributed by atoms with Crippen molar-refractivity contribution in [1.29, 1.82) is 0 Å². The molecule has 3 heterocycles. The lowest BCUT2D eigenvalue weighted by molar-refractivity contribution is -0.379. The topological polar surface area (TPSA) is 307 Å². The fraction of sp³-hybridized carbons (Fsp3) is 0.870. The number of carbonyl (C=O) groups is 1. The van der Waals surface area contributed by atoms with Crippen LogP contribution in [0.5, 0.6) is 0 Å². The summed E-state index contributed by atoms with van der Waals surface area (Å²) in [7, 11) is 0. The van der Waals surface area contributed by atoms with Gasteiger partial charge in [-0.3, -0.25) is 4.79 Å². The van der Waals surface area contributed by atoms with Gasteiger partial charge in [0, 0.05) is 6.42 Å². The first-order valence-electron chi connectivity index (χ1n) is 34.9. The van der Waals surface area contributed by atoms with Gasteiger partial charge in [-0.2, -0.15) is 0 Å². The van der Waals surface area contributed by atoms with Gasteiger partial charge in [0.15, 0.2) is 18.9 Å². The Labute approximate surface area is 529 Å². The molecule has 3 fully saturated rings. The highest BCUT2D eigenvalue weighted by atomic mass is 16.8. The quantitative estimate of drug-likeness (QED) is 0.0200. The molecule has 0 aromatic heterocycles. The van der Waals surface area contributed by atoms with Crippen molar-refractivity contribution < 1.29 is 89.4 Å². The van der Waals surface area contributed by atoms with Crippen LogP contribution in [0.1, 0.15) is 251 Å². The molecule has 88 heavy (non-hydrogen) atoms. The van der Waals surface area contributed by atoms with Crippen LogP contribution < -0.4 is 5.32 Å². The molecule has 0 bridgehead atoms. The number of hydrogen-bond donors (Lipinski definition) is 12. The standard InChI is InChI=1S/C69H125NO18/c1-3-5-7-9-11-13-15-17-19-21-23-25-26-27-29-31-33-35-37-39-41-43-45-47-57(75)70-52(53(74)46-44-42-40-38-36-34-32-30-28-24-22-20-18-16-14-12-10-8-6-4-2)51-83-67-63(81)60(78)65(55(49-72)85-67)88-69-64(82)61(79)66(56(50-73)86-69)87-68-62(80)59(77)58(76)54(48-71)84-68/h15,17,21,23,36,38,44,46,52-56,58-69,71-74,76-82H,3-14,16,18-20,22,24-35,37,39-43,45,47-51H2,1-2H3,(H,70,75)/b17-15-,23-21-,38-36+,46-44+. The zero-order valence-corrected chi connectivity index (χ0v) is 54.2. The van der Waals surface area contributed by atoms with Crippen molar-refractivity contribution in [3.63, 3.8) is 0 Å². The molecular weight excluding hydrogens is 1130 g/mol. The van der Waals surface area contributed by atoms with Crippen LogP contribution in [0.3, 0.4) is 0 Å². The van der Waals surface area contributed by atoms with Gasteiger partial charge in [-0.15, -0.1) is 0 Å². The minimum atomic E-state index is -1.98. The second-order valence-corrected chi connectivity index (χ2v) is 25.0. The molecule has 1 amide bonds. The van der Waals surface area contributed by atoms with Gasteiger partial charge in [-0.25, -0.2) is 0 Å². The highest BCUT2D eigenvalue weighted by molar-refractivity contribution is 5.76. The summed E-state index contributed by atoms with van der Waals surface area (Å²) in [4.78, 5) is 13.4. The Morgan fingerprint density at radius 2 is 0.761 bits per heavy atom. The van der Waals surface area contributed by atoms with E-state index in [1.54, 1.807) is 6.08 Å². The molecule has 0 saturated carbocycles. The van der Waals surface area contributed by atoms with Crippen molar-refractivity contribution in [3.05, 3.63) is 48.6 Å². The fourth-order valence-electron chi connectivity index (χ4n) is 11.6. The number of aliphatic hydroxyl groups excluding tert-OH is 11. The Hall–Kier alpha value is -2.25. The number of carbonyl (C=O) groups excluding carboxylic acids is 1. The van der Waals surface area contributed by atoms with Crippen molar-refractivity contribution in [1.82, 2.24) is 5.32 Å². The van der Waals surface area contributed by atoms with E-state index in [-0.39, 0.29) is 18.9 Å². The van der Waals surface area contributed by atoms with Crippen molar-refractivity contribution in [2.75, 3.05) is 26.4 Å². The second kappa shape index (κ2) is 51.2. The van der Waals surface area contributed by atoms with Crippen LogP contribution in [-0.4, -0.2) is 193 Å². The number of hydrogen-bond acceptors (Lipinski definition) is 18. The highest BCUT2D eigenvalue weighted by Crippen LogP contribution is 2.33. The van der Waals surface area contributed by atoms with Gasteiger partial charge < -0.3 is 89.9 Å². The zero-order valence-electron chi connectivity index (χ0n) is 54.2. The maximum Gasteiger partial charge on any atom is 0.220 e. The molecule has 12 N–H and O–H groups in total. The van der Waals surface area contributed by atoms with Crippen LogP contribution in [0, 0.1) is 0 Å². The average Bonchev–Trinajstić information content (AvgIpc) is 3.71. The third-order valence-corrected chi connectivity index (χ3v) is 17.3. The van der Waals surface area contributed by atoms with E-state index < -0.39 is 124 Å². The predicted octanol–water partition coefficient (Wildman–Crippen LogP) is 9.00. The first kappa shape index (κ1) is 80.0. The van der Waals surface area contributed by atoms with Crippen LogP contribution >= 0.6 is 0 Å². The number of amides is 1. The van der Waals surface area contributed by atoms with E-state index in [0.29, 0.717) is 12.8 Å². The van der Waals surface area contributed by atoms with E-state index in [9.17, 15) is 61.0 Å². The van der Waals surface area contributed by atoms with Gasteiger partial charge in [0.25, 0.3) is 0 Å². The lowest BCUT2D eigenvalue weighted by Gasteiger charge is -2.48. The summed E-state index contributed by atoms with van der Waals surface area (Å²) in [5, 5.41) is 120. The molecule has 514 valence electrons. The summed E-state index contributed by atoms with van der Waals surface area (Å²) < 4.78 is 34.3. The summed E-state index contributed by atoms with van der Waals surface area (Å²) in [6.45, 7) is 1.72. The summed E-state index contributed by atoms with van der Waals surface area (Å²) in [6.07, 6.45) is 33.7. The smallest absolute Gasteiger partial charge is 0.220 e. The maximum absolute atomic E-state index is 13.4. The summed E-state index contributed by atoms with van der Waals surface area (Å²) in [5.41, 5.74) is 0. The van der Waals surface area contributed by atoms with Crippen molar-refractivity contribution in [3.8, 4) is 0 Å². The van der Waals surface area contributed by atoms with E-state index in [4.69, 9.17) is 28.4 Å². The summed E-state index contributed by atoms with van der Waals surface area (Å²) in [6, 6.07) is -0.992. The Kier molecular flexibility index (Phi) is 46.5. The van der Waals surface area contributed by atoms with Crippen molar-refractivity contribution >= 4 is 5.91 Å². The Balaban J connectivity index is 1.46. The Bertz CT molecular complexity index is 1790. The largest absolute Gasteiger partial charge is 0.394 e. The lowest BCUT2D eigenvalue weighted by atomic mass is 9.96. The fourth-order valence-corrected chi connectivity index (χ4v) is 11.6. The first-order chi connectivity index (χ1) is 42.8. The van der Waals surface area contributed by atoms with Crippen LogP contribution in [0.4, 0.5) is 0 Å². The molecule has 19 nitrogen and oxygen atoms in total. The second-order valence-electron chi connectivity index (χ2n) is 25.0. The van der Waals surface area contributed by atoms with E-state index in [0.717, 1.165) is 51.4 Å². The number of ether oxygens (including phenoxy) is 6. The molecule has 0 aromatic rings. The molecule has 17 unspecified atom stereocenters. The van der Waals surface area contributed by atoms with Gasteiger partial charge in [-0.05, 0) is 64.2 Å². The monoisotopic (exact) mass is 1260 g/mol. The number of unbranched alkanes of at least 4 members (excludes halogenated alkanes) is 31. The first-order valence-corrected chi connectivity index (χ1v) is 34.9. The molecule has 3 aliphatic heterocycles. The Morgan fingerprint density at radius 1 is 0.409 bits per heavy atom. The molecule has 3 aliphatic rings. The van der Waals surface area contributed by atoms with Gasteiger partial charge >= 0.3 is 0 Å². The molecule has 17 atom stereocenters. The maximum atomic E-state index is 13.4. The van der Waals surface area contributed by atoms with E-state index in [1.165, 1.54) is 167 Å². The van der Waals surface area contributed by atoms with Gasteiger partial charge in [0.1, 0.15) is 73.2 Å². The molecule has 0 spiro atoms. The Morgan fingerprint density at radius 3 is 1.20 bits per heavy atom. The summed E-state index contributed by atoms with van der Waals surface area (Å²) >= 11 is 0. The van der Waals surface area contributed by atoms with Gasteiger partial charge in [-0.1, -0.05) is 229 Å². The average molecular weight is 1260 g/mol. The van der Waals surface area contributed by atoms with E-state index >= 15 is 0 Å². The SMILES string of the molecule is CCCCCCC/C=C\C/C=C\CCCCCCCCCCCCCC(=O)NC(COC1OC(CO)C(OC2OC(CO)C(OC3OC(CO)C(O)C(O)C3O)C(O)C2O)C(O)C1O)C(O)/C=C/CC/C=C/CCCCCCCCCCCCCCCC. The van der Waals surface area contributed by atoms with Crippen LogP contribution in [0.25, 0.3) is 0 Å². The predicted molar refractivity (Wildman–Crippen MR) is 342 cm³/mol. The normalized spacial score (nSPS) is 28.7. The third-order valence-electron chi connectivity index (χ3n) is 17.3. The van der Waals surface area contributed by atoms with E-state index in [2.05, 4.69) is 55.6 Å². The molecule has 3 saturated heterocycles. The number of rotatable bonds is 53. The molecule has 0 aliphatic carbocycles. The third kappa shape index (κ3) is 33.0. The molecule has 0 radical (unpaired) electrons. The van der Waals surface area contributed by atoms with E-state index in [1.807, 2.05) is 6.08 Å². The minimum Gasteiger partial charge on any atom is -0.394 e. The molecule has 19 heteroatoms.